The van der Waals surface area contributed by atoms with E-state index in [1.54, 1.807) is 25.6 Å². The number of fused-ring (bicyclic) bond motifs is 6. The quantitative estimate of drug-likeness (QED) is 0.246. The minimum absolute atomic E-state index is 0. The molecule has 0 radical (unpaired) electrons. The van der Waals surface area contributed by atoms with Crippen molar-refractivity contribution in [3.05, 3.63) is 145 Å². The van der Waals surface area contributed by atoms with Crippen LogP contribution in [0.4, 0.5) is 0 Å². The number of hydrogen-bond acceptors (Lipinski definition) is 0. The van der Waals surface area contributed by atoms with E-state index in [-0.39, 0.29) is 49.6 Å². The molecule has 1 saturated carbocycles. The third-order valence-corrected chi connectivity index (χ3v) is 37.8. The molecule has 3 aromatic rings. The van der Waals surface area contributed by atoms with Crippen LogP contribution >= 0.6 is 24.8 Å². The summed E-state index contributed by atoms with van der Waals surface area (Å²) in [5.74, 6) is 0.437. The van der Waals surface area contributed by atoms with Crippen molar-refractivity contribution >= 4 is 41.1 Å². The molecule has 0 amide bonds. The van der Waals surface area contributed by atoms with E-state index in [0.717, 1.165) is 19.3 Å². The van der Waals surface area contributed by atoms with Gasteiger partial charge in [0.15, 0.2) is 0 Å². The van der Waals surface area contributed by atoms with Gasteiger partial charge in [0, 0.05) is 0 Å². The molecule has 0 N–H and O–H groups in total. The van der Waals surface area contributed by atoms with E-state index in [9.17, 15) is 0 Å². The predicted molar refractivity (Wildman–Crippen MR) is 233 cm³/mol. The monoisotopic (exact) mass is 822 g/mol. The van der Waals surface area contributed by atoms with Crippen LogP contribution in [0.25, 0.3) is 5.57 Å². The molecule has 3 atom stereocenters. The Kier molecular flexibility index (Phi) is 9.60. The molecule has 0 spiro atoms. The Bertz CT molecular complexity index is 2180. The van der Waals surface area contributed by atoms with Crippen molar-refractivity contribution in [1.29, 1.82) is 0 Å². The summed E-state index contributed by atoms with van der Waals surface area (Å²) >= 11 is -5.19. The third kappa shape index (κ3) is 4.43. The molecule has 280 valence electrons. The van der Waals surface area contributed by atoms with Crippen molar-refractivity contribution in [2.45, 2.75) is 105 Å². The van der Waals surface area contributed by atoms with Crippen LogP contribution in [0.3, 0.4) is 0 Å². The molecule has 0 saturated heterocycles. The van der Waals surface area contributed by atoms with E-state index >= 15 is 0 Å². The Morgan fingerprint density at radius 1 is 0.660 bits per heavy atom. The SMILES string of the molecule is Cl.Cl.[CH2]=[Zr]([C]1=C(C)C=CC1)([c]1ccc(C)cc1)([c]1ccc(C)cc1)[C]1(C)C2=C3Cc4ccccc4C3=C3C=CCCC3C2(C)C(C)(C)C(C)(C)C1(C)C. The molecular formula is C50H62Cl2Zr. The van der Waals surface area contributed by atoms with Gasteiger partial charge in [0.2, 0.25) is 0 Å². The Morgan fingerprint density at radius 2 is 1.23 bits per heavy atom. The third-order valence-electron chi connectivity index (χ3n) is 17.5. The van der Waals surface area contributed by atoms with Crippen LogP contribution in [0.15, 0.2) is 123 Å². The standard InChI is InChI=1S/C29H37.2C7H7.C6H7.CH2.2ClH.Zr/c1-18-25-22-17-19-13-9-10-14-20(19)24(22)21-15-11-12-16-23(21)29(25,8)28(6,7)27(4,5)26(18,2)3;2*1-7-5-3-2-4-6-7;1-6-4-2-3-5-6;;;;/h9-11,13-15,23H,12,16-17H2,1-8H3;2*3-6H,1H3;2,4H,3H2,1H3;1H2;2*1H;. The summed E-state index contributed by atoms with van der Waals surface area (Å²) in [5.41, 5.74) is 13.3. The molecule has 3 aromatic carbocycles. The number of benzene rings is 3. The second kappa shape index (κ2) is 12.6. The van der Waals surface area contributed by atoms with Gasteiger partial charge in [0.25, 0.3) is 0 Å². The van der Waals surface area contributed by atoms with Crippen molar-refractivity contribution in [2.24, 2.45) is 27.6 Å². The first-order chi connectivity index (χ1) is 23.9. The van der Waals surface area contributed by atoms with Crippen molar-refractivity contribution in [3.63, 3.8) is 0 Å². The van der Waals surface area contributed by atoms with Gasteiger partial charge in [-0.1, -0.05) is 0 Å². The Morgan fingerprint density at radius 3 is 1.77 bits per heavy atom. The van der Waals surface area contributed by atoms with E-state index in [1.165, 1.54) is 40.8 Å². The van der Waals surface area contributed by atoms with E-state index in [4.69, 9.17) is 4.21 Å². The maximum atomic E-state index is 6.17. The Hall–Kier alpha value is -2.31. The maximum absolute atomic E-state index is 6.17. The van der Waals surface area contributed by atoms with Gasteiger partial charge < -0.3 is 0 Å². The van der Waals surface area contributed by atoms with Gasteiger partial charge in [-0.05, 0) is 0 Å². The minimum atomic E-state index is -5.19. The number of halogens is 2. The van der Waals surface area contributed by atoms with Crippen molar-refractivity contribution in [3.8, 4) is 0 Å². The first kappa shape index (κ1) is 40.4. The molecule has 3 unspecified atom stereocenters. The summed E-state index contributed by atoms with van der Waals surface area (Å²) in [7, 11) is 0. The fourth-order valence-corrected chi connectivity index (χ4v) is 35.0. The fraction of sp³-hybridized carbons (Fsp3) is 0.420. The number of aryl methyl sites for hydroxylation is 2. The van der Waals surface area contributed by atoms with Crippen LogP contribution in [0, 0.1) is 41.4 Å². The van der Waals surface area contributed by atoms with Crippen molar-refractivity contribution < 1.29 is 18.3 Å². The normalized spacial score (nSPS) is 27.7. The molecule has 53 heavy (non-hydrogen) atoms. The summed E-state index contributed by atoms with van der Waals surface area (Å²) in [6.07, 6.45) is 14.2. The van der Waals surface area contributed by atoms with Gasteiger partial charge in [-0.15, -0.1) is 24.8 Å². The predicted octanol–water partition coefficient (Wildman–Crippen LogP) is 13.0. The summed E-state index contributed by atoms with van der Waals surface area (Å²) in [4.78, 5) is 0. The van der Waals surface area contributed by atoms with Crippen molar-refractivity contribution in [1.82, 2.24) is 0 Å². The second-order valence-electron chi connectivity index (χ2n) is 19.2. The van der Waals surface area contributed by atoms with Gasteiger partial charge in [0.1, 0.15) is 0 Å². The van der Waals surface area contributed by atoms with E-state index < -0.39 is 18.3 Å². The van der Waals surface area contributed by atoms with Gasteiger partial charge >= 0.3 is 312 Å². The molecule has 0 aliphatic heterocycles. The Labute approximate surface area is 334 Å². The number of hydrogen-bond donors (Lipinski definition) is 0. The average molecular weight is 825 g/mol. The number of allylic oxidation sites excluding steroid dienone is 10. The summed E-state index contributed by atoms with van der Waals surface area (Å²) < 4.78 is 10.6. The van der Waals surface area contributed by atoms with Gasteiger partial charge in [0.05, 0.1) is 0 Å². The van der Waals surface area contributed by atoms with E-state index in [0.29, 0.717) is 5.92 Å². The van der Waals surface area contributed by atoms with Gasteiger partial charge in [-0.2, -0.15) is 0 Å². The van der Waals surface area contributed by atoms with E-state index in [1.807, 2.05) is 0 Å². The molecule has 0 heterocycles. The van der Waals surface area contributed by atoms with Gasteiger partial charge in [-0.3, -0.25) is 0 Å². The second-order valence-corrected chi connectivity index (χ2v) is 33.2. The van der Waals surface area contributed by atoms with Crippen LogP contribution in [-0.4, -0.2) is 4.21 Å². The topological polar surface area (TPSA) is 0 Å². The van der Waals surface area contributed by atoms with Crippen LogP contribution in [-0.2, 0) is 24.7 Å². The molecule has 8 rings (SSSR count). The Balaban J connectivity index is 0.00000240. The van der Waals surface area contributed by atoms with Crippen LogP contribution in [0.5, 0.6) is 0 Å². The molecule has 1 fully saturated rings. The zero-order valence-electron chi connectivity index (χ0n) is 34.2. The number of rotatable bonds is 4. The van der Waals surface area contributed by atoms with Gasteiger partial charge in [-0.25, -0.2) is 0 Å². The zero-order valence-corrected chi connectivity index (χ0v) is 38.3. The van der Waals surface area contributed by atoms with Crippen LogP contribution < -0.4 is 6.54 Å². The first-order valence-corrected chi connectivity index (χ1v) is 26.3. The summed E-state index contributed by atoms with van der Waals surface area (Å²) in [5, 5.41) is 0. The molecule has 5 aliphatic rings. The summed E-state index contributed by atoms with van der Waals surface area (Å²) in [6.45, 7) is 28.4. The molecular weight excluding hydrogens is 763 g/mol. The first-order valence-electron chi connectivity index (χ1n) is 19.7. The van der Waals surface area contributed by atoms with E-state index in [2.05, 4.69) is 173 Å². The molecule has 0 aromatic heterocycles. The van der Waals surface area contributed by atoms with Crippen LogP contribution in [0.2, 0.25) is 3.12 Å². The average Bonchev–Trinajstić information content (AvgIpc) is 3.71. The zero-order chi connectivity index (χ0) is 36.6. The molecule has 0 bridgehead atoms. The molecule has 3 heteroatoms. The molecule has 0 nitrogen and oxygen atoms in total. The fourth-order valence-electron chi connectivity index (χ4n) is 13.4. The summed E-state index contributed by atoms with van der Waals surface area (Å²) in [6, 6.07) is 29.1. The van der Waals surface area contributed by atoms with Crippen molar-refractivity contribution in [2.75, 3.05) is 0 Å². The van der Waals surface area contributed by atoms with Crippen LogP contribution in [0.1, 0.15) is 104 Å². The molecule has 5 aliphatic carbocycles.